The number of hydrogen-bond donors (Lipinski definition) is 3. The molecule has 3 N–H and O–H groups in total. The summed E-state index contributed by atoms with van der Waals surface area (Å²) in [5.41, 5.74) is 3.89. The van der Waals surface area contributed by atoms with Crippen molar-refractivity contribution in [2.24, 2.45) is 0 Å². The summed E-state index contributed by atoms with van der Waals surface area (Å²) in [6.45, 7) is 0. The van der Waals surface area contributed by atoms with Gasteiger partial charge in [-0.1, -0.05) is 18.2 Å². The molecule has 2 aromatic rings. The first-order valence-corrected chi connectivity index (χ1v) is 5.16. The van der Waals surface area contributed by atoms with E-state index in [1.54, 1.807) is 36.4 Å². The highest BCUT2D eigenvalue weighted by molar-refractivity contribution is 6.04. The van der Waals surface area contributed by atoms with E-state index in [1.807, 2.05) is 23.7 Å². The predicted molar refractivity (Wildman–Crippen MR) is 66.2 cm³/mol. The molecule has 0 aliphatic rings. The van der Waals surface area contributed by atoms with Crippen molar-refractivity contribution in [3.8, 4) is 0 Å². The molecule has 1 amide bonds. The maximum atomic E-state index is 11.8. The summed E-state index contributed by atoms with van der Waals surface area (Å²) < 4.78 is 0. The Morgan fingerprint density at radius 2 is 1.47 bits per heavy atom. The molecule has 0 radical (unpaired) electrons. The molecule has 2 aromatic carbocycles. The Morgan fingerprint density at radius 1 is 0.882 bits per heavy atom. The van der Waals surface area contributed by atoms with Gasteiger partial charge >= 0.3 is 0 Å². The summed E-state index contributed by atoms with van der Waals surface area (Å²) >= 11 is 0. The Morgan fingerprint density at radius 3 is 2.06 bits per heavy atom. The van der Waals surface area contributed by atoms with Crippen molar-refractivity contribution in [3.63, 3.8) is 0 Å². The Labute approximate surface area is 98.9 Å². The second kappa shape index (κ2) is 5.14. The average Bonchev–Trinajstić information content (AvgIpc) is 2.40. The SMILES string of the molecule is O=C(Nc1ccc(NO)cc1)c1ccccc1. The van der Waals surface area contributed by atoms with Crippen molar-refractivity contribution < 1.29 is 10.0 Å². The number of benzene rings is 2. The molecule has 0 heterocycles. The largest absolute Gasteiger partial charge is 0.322 e. The van der Waals surface area contributed by atoms with E-state index in [9.17, 15) is 4.79 Å². The molecule has 0 fully saturated rings. The molecule has 0 aliphatic heterocycles. The highest BCUT2D eigenvalue weighted by atomic mass is 16.5. The fourth-order valence-electron chi connectivity index (χ4n) is 1.42. The average molecular weight is 228 g/mol. The minimum Gasteiger partial charge on any atom is -0.322 e. The van der Waals surface area contributed by atoms with Crippen molar-refractivity contribution in [1.82, 2.24) is 0 Å². The number of amides is 1. The van der Waals surface area contributed by atoms with Crippen LogP contribution in [0.25, 0.3) is 0 Å². The second-order valence-corrected chi connectivity index (χ2v) is 3.51. The number of anilines is 2. The number of carbonyl (C=O) groups is 1. The minimum atomic E-state index is -0.157. The van der Waals surface area contributed by atoms with Crippen LogP contribution >= 0.6 is 0 Å². The Kier molecular flexibility index (Phi) is 3.37. The number of hydrogen-bond acceptors (Lipinski definition) is 3. The molecule has 0 unspecified atom stereocenters. The summed E-state index contributed by atoms with van der Waals surface area (Å²) in [5.74, 6) is -0.157. The topological polar surface area (TPSA) is 61.4 Å². The van der Waals surface area contributed by atoms with Gasteiger partial charge in [0.05, 0.1) is 5.69 Å². The van der Waals surface area contributed by atoms with Crippen LogP contribution in [0.3, 0.4) is 0 Å². The van der Waals surface area contributed by atoms with E-state index < -0.39 is 0 Å². The molecular formula is C13H12N2O2. The van der Waals surface area contributed by atoms with Crippen LogP contribution in [0.1, 0.15) is 10.4 Å². The first kappa shape index (κ1) is 11.2. The van der Waals surface area contributed by atoms with Gasteiger partial charge in [-0.15, -0.1) is 0 Å². The van der Waals surface area contributed by atoms with E-state index in [4.69, 9.17) is 5.21 Å². The summed E-state index contributed by atoms with van der Waals surface area (Å²) in [5, 5.41) is 11.4. The summed E-state index contributed by atoms with van der Waals surface area (Å²) in [4.78, 5) is 11.8. The molecule has 4 heteroatoms. The summed E-state index contributed by atoms with van der Waals surface area (Å²) in [6, 6.07) is 15.7. The van der Waals surface area contributed by atoms with E-state index in [-0.39, 0.29) is 5.91 Å². The van der Waals surface area contributed by atoms with E-state index >= 15 is 0 Å². The van der Waals surface area contributed by atoms with Gasteiger partial charge in [-0.25, -0.2) is 0 Å². The molecular weight excluding hydrogens is 216 g/mol. The highest BCUT2D eigenvalue weighted by Gasteiger charge is 2.04. The van der Waals surface area contributed by atoms with Crippen molar-refractivity contribution in [2.45, 2.75) is 0 Å². The van der Waals surface area contributed by atoms with Gasteiger partial charge in [-0.3, -0.25) is 15.5 Å². The molecule has 2 rings (SSSR count). The molecule has 0 bridgehead atoms. The lowest BCUT2D eigenvalue weighted by Gasteiger charge is -2.05. The standard InChI is InChI=1S/C13H12N2O2/c16-13(10-4-2-1-3-5-10)14-11-6-8-12(15-17)9-7-11/h1-9,15,17H,(H,14,16). The van der Waals surface area contributed by atoms with Crippen LogP contribution in [0, 0.1) is 0 Å². The van der Waals surface area contributed by atoms with Gasteiger partial charge in [-0.05, 0) is 36.4 Å². The van der Waals surface area contributed by atoms with Gasteiger partial charge in [0.2, 0.25) is 0 Å². The van der Waals surface area contributed by atoms with Gasteiger partial charge in [0.15, 0.2) is 0 Å². The van der Waals surface area contributed by atoms with Crippen molar-refractivity contribution in [3.05, 3.63) is 60.2 Å². The molecule has 86 valence electrons. The molecule has 17 heavy (non-hydrogen) atoms. The fourth-order valence-corrected chi connectivity index (χ4v) is 1.42. The van der Waals surface area contributed by atoms with Crippen LogP contribution in [-0.4, -0.2) is 11.1 Å². The number of nitrogens with one attached hydrogen (secondary N) is 2. The summed E-state index contributed by atoms with van der Waals surface area (Å²) in [6.07, 6.45) is 0. The Balaban J connectivity index is 2.08. The van der Waals surface area contributed by atoms with Crippen molar-refractivity contribution in [1.29, 1.82) is 0 Å². The highest BCUT2D eigenvalue weighted by Crippen LogP contribution is 2.13. The van der Waals surface area contributed by atoms with Gasteiger partial charge < -0.3 is 5.32 Å². The Bertz CT molecular complexity index is 495. The van der Waals surface area contributed by atoms with E-state index in [1.165, 1.54) is 0 Å². The smallest absolute Gasteiger partial charge is 0.255 e. The zero-order chi connectivity index (χ0) is 12.1. The third-order valence-corrected chi connectivity index (χ3v) is 2.31. The maximum absolute atomic E-state index is 11.8. The molecule has 0 saturated carbocycles. The van der Waals surface area contributed by atoms with E-state index in [0.717, 1.165) is 0 Å². The molecule has 4 nitrogen and oxygen atoms in total. The van der Waals surface area contributed by atoms with Crippen LogP contribution in [0.5, 0.6) is 0 Å². The second-order valence-electron chi connectivity index (χ2n) is 3.51. The first-order chi connectivity index (χ1) is 8.29. The lowest BCUT2D eigenvalue weighted by molar-refractivity contribution is 0.102. The van der Waals surface area contributed by atoms with E-state index in [0.29, 0.717) is 16.9 Å². The van der Waals surface area contributed by atoms with Crippen LogP contribution < -0.4 is 10.8 Å². The third kappa shape index (κ3) is 2.83. The number of rotatable bonds is 3. The lowest BCUT2D eigenvalue weighted by atomic mass is 10.2. The minimum absolute atomic E-state index is 0.157. The Hall–Kier alpha value is -2.33. The van der Waals surface area contributed by atoms with Crippen molar-refractivity contribution in [2.75, 3.05) is 10.8 Å². The van der Waals surface area contributed by atoms with Crippen LogP contribution in [0.2, 0.25) is 0 Å². The van der Waals surface area contributed by atoms with E-state index in [2.05, 4.69) is 5.32 Å². The molecule has 0 aliphatic carbocycles. The first-order valence-electron chi connectivity index (χ1n) is 5.16. The lowest BCUT2D eigenvalue weighted by Crippen LogP contribution is -2.11. The van der Waals surface area contributed by atoms with Crippen LogP contribution in [0.15, 0.2) is 54.6 Å². The van der Waals surface area contributed by atoms with Gasteiger partial charge in [0, 0.05) is 11.3 Å². The van der Waals surface area contributed by atoms with Gasteiger partial charge in [0.25, 0.3) is 5.91 Å². The number of carbonyl (C=O) groups excluding carboxylic acids is 1. The molecule has 0 spiro atoms. The van der Waals surface area contributed by atoms with Crippen LogP contribution in [0.4, 0.5) is 11.4 Å². The molecule has 0 saturated heterocycles. The van der Waals surface area contributed by atoms with Gasteiger partial charge in [-0.2, -0.15) is 0 Å². The van der Waals surface area contributed by atoms with Gasteiger partial charge in [0.1, 0.15) is 0 Å². The fraction of sp³-hybridized carbons (Fsp3) is 0. The third-order valence-electron chi connectivity index (χ3n) is 2.31. The van der Waals surface area contributed by atoms with Crippen molar-refractivity contribution >= 4 is 17.3 Å². The zero-order valence-corrected chi connectivity index (χ0v) is 9.05. The zero-order valence-electron chi connectivity index (χ0n) is 9.05. The maximum Gasteiger partial charge on any atom is 0.255 e. The molecule has 0 aromatic heterocycles. The normalized spacial score (nSPS) is 9.71. The summed E-state index contributed by atoms with van der Waals surface area (Å²) in [7, 11) is 0. The molecule has 0 atom stereocenters. The monoisotopic (exact) mass is 228 g/mol. The predicted octanol–water partition coefficient (Wildman–Crippen LogP) is 2.74. The van der Waals surface area contributed by atoms with Crippen LogP contribution in [-0.2, 0) is 0 Å². The quantitative estimate of drug-likeness (QED) is 0.708.